The molecule has 23 heavy (non-hydrogen) atoms. The zero-order chi connectivity index (χ0) is 17.0. The topological polar surface area (TPSA) is 54.9 Å². The van der Waals surface area contributed by atoms with E-state index in [9.17, 15) is 0 Å². The predicted octanol–water partition coefficient (Wildman–Crippen LogP) is 2.87. The maximum atomic E-state index is 5.85. The number of rotatable bonds is 4. The molecule has 1 aromatic rings. The van der Waals surface area contributed by atoms with Crippen molar-refractivity contribution in [2.75, 3.05) is 13.7 Å². The van der Waals surface area contributed by atoms with Crippen LogP contribution in [0.3, 0.4) is 0 Å². The van der Waals surface area contributed by atoms with E-state index in [1.807, 2.05) is 0 Å². The Morgan fingerprint density at radius 1 is 1.39 bits per heavy atom. The fourth-order valence-corrected chi connectivity index (χ4v) is 2.62. The van der Waals surface area contributed by atoms with Crippen molar-refractivity contribution in [3.8, 4) is 11.5 Å². The minimum atomic E-state index is -0.0401. The van der Waals surface area contributed by atoms with Crippen LogP contribution >= 0.6 is 0 Å². The smallest absolute Gasteiger partial charge is 0.191 e. The summed E-state index contributed by atoms with van der Waals surface area (Å²) in [4.78, 5) is 4.68. The first-order valence-electron chi connectivity index (χ1n) is 8.25. The average molecular weight is 319 g/mol. The third-order valence-electron chi connectivity index (χ3n) is 3.54. The predicted molar refractivity (Wildman–Crippen MR) is 94.5 cm³/mol. The monoisotopic (exact) mass is 319 g/mol. The van der Waals surface area contributed by atoms with Gasteiger partial charge in [0.2, 0.25) is 0 Å². The fraction of sp³-hybridized carbons (Fsp3) is 0.611. The van der Waals surface area contributed by atoms with Gasteiger partial charge in [0.25, 0.3) is 0 Å². The van der Waals surface area contributed by atoms with Crippen LogP contribution in [0, 0.1) is 0 Å². The molecule has 0 bridgehead atoms. The van der Waals surface area contributed by atoms with Crippen molar-refractivity contribution < 1.29 is 9.47 Å². The first-order valence-corrected chi connectivity index (χ1v) is 8.25. The highest BCUT2D eigenvalue weighted by Gasteiger charge is 2.21. The molecule has 0 saturated carbocycles. The van der Waals surface area contributed by atoms with Crippen molar-refractivity contribution in [1.29, 1.82) is 0 Å². The van der Waals surface area contributed by atoms with E-state index in [0.717, 1.165) is 36.0 Å². The number of nitrogens with one attached hydrogen (secondary N) is 2. The lowest BCUT2D eigenvalue weighted by atomic mass is 10.1. The molecule has 1 aliphatic rings. The molecular weight excluding hydrogens is 290 g/mol. The van der Waals surface area contributed by atoms with Crippen LogP contribution in [0.15, 0.2) is 17.1 Å². The average Bonchev–Trinajstić information content (AvgIpc) is 2.81. The number of methoxy groups -OCH3 is 1. The summed E-state index contributed by atoms with van der Waals surface area (Å²) < 4.78 is 11.4. The van der Waals surface area contributed by atoms with E-state index in [-0.39, 0.29) is 11.6 Å². The SMILES string of the molecule is CCNC(=NCc1cc2c(cc1OC)CC(C)O2)NC(C)(C)C. The van der Waals surface area contributed by atoms with Gasteiger partial charge in [0.1, 0.15) is 17.6 Å². The third kappa shape index (κ3) is 4.78. The Morgan fingerprint density at radius 3 is 2.74 bits per heavy atom. The van der Waals surface area contributed by atoms with Crippen molar-refractivity contribution in [1.82, 2.24) is 10.6 Å². The third-order valence-corrected chi connectivity index (χ3v) is 3.54. The number of hydrogen-bond acceptors (Lipinski definition) is 3. The Bertz CT molecular complexity index is 576. The second-order valence-corrected chi connectivity index (χ2v) is 6.97. The largest absolute Gasteiger partial charge is 0.496 e. The number of ether oxygens (including phenoxy) is 2. The van der Waals surface area contributed by atoms with Gasteiger partial charge in [-0.25, -0.2) is 4.99 Å². The summed E-state index contributed by atoms with van der Waals surface area (Å²) in [6.45, 7) is 11.9. The lowest BCUT2D eigenvalue weighted by Gasteiger charge is -2.23. The minimum Gasteiger partial charge on any atom is -0.496 e. The molecule has 0 saturated heterocycles. The number of aliphatic imine (C=N–C) groups is 1. The van der Waals surface area contributed by atoms with E-state index in [2.05, 4.69) is 62.4 Å². The summed E-state index contributed by atoms with van der Waals surface area (Å²) in [5.74, 6) is 2.63. The molecular formula is C18H29N3O2. The Labute approximate surface area is 139 Å². The Kier molecular flexibility index (Phi) is 5.39. The van der Waals surface area contributed by atoms with Crippen molar-refractivity contribution in [3.05, 3.63) is 23.3 Å². The van der Waals surface area contributed by atoms with Crippen LogP contribution in [0.4, 0.5) is 0 Å². The number of hydrogen-bond donors (Lipinski definition) is 2. The van der Waals surface area contributed by atoms with Crippen molar-refractivity contribution >= 4 is 5.96 Å². The van der Waals surface area contributed by atoms with Crippen LogP contribution in [0.1, 0.15) is 45.7 Å². The van der Waals surface area contributed by atoms with Gasteiger partial charge < -0.3 is 20.1 Å². The van der Waals surface area contributed by atoms with Gasteiger partial charge in [0.15, 0.2) is 5.96 Å². The zero-order valence-corrected chi connectivity index (χ0v) is 15.1. The number of fused-ring (bicyclic) bond motifs is 1. The van der Waals surface area contributed by atoms with Crippen LogP contribution in [0.5, 0.6) is 11.5 Å². The maximum absolute atomic E-state index is 5.85. The van der Waals surface area contributed by atoms with E-state index in [1.54, 1.807) is 7.11 Å². The summed E-state index contributed by atoms with van der Waals surface area (Å²) in [6.07, 6.45) is 1.16. The van der Waals surface area contributed by atoms with E-state index >= 15 is 0 Å². The van der Waals surface area contributed by atoms with Gasteiger partial charge in [-0.15, -0.1) is 0 Å². The molecule has 0 radical (unpaired) electrons. The molecule has 1 heterocycles. The lowest BCUT2D eigenvalue weighted by Crippen LogP contribution is -2.47. The molecule has 1 unspecified atom stereocenters. The molecule has 0 aromatic heterocycles. The number of nitrogens with zero attached hydrogens (tertiary/aromatic N) is 1. The molecule has 1 aliphatic heterocycles. The zero-order valence-electron chi connectivity index (χ0n) is 15.1. The van der Waals surface area contributed by atoms with Crippen LogP contribution in [0.25, 0.3) is 0 Å². The number of benzene rings is 1. The summed E-state index contributed by atoms with van der Waals surface area (Å²) >= 11 is 0. The quantitative estimate of drug-likeness (QED) is 0.662. The summed E-state index contributed by atoms with van der Waals surface area (Å²) in [7, 11) is 1.70. The van der Waals surface area contributed by atoms with E-state index in [0.29, 0.717) is 6.54 Å². The summed E-state index contributed by atoms with van der Waals surface area (Å²) in [6, 6.07) is 4.13. The summed E-state index contributed by atoms with van der Waals surface area (Å²) in [5, 5.41) is 6.66. The van der Waals surface area contributed by atoms with Gasteiger partial charge in [0, 0.05) is 29.6 Å². The van der Waals surface area contributed by atoms with Gasteiger partial charge >= 0.3 is 0 Å². The van der Waals surface area contributed by atoms with Gasteiger partial charge in [-0.2, -0.15) is 0 Å². The van der Waals surface area contributed by atoms with Crippen LogP contribution < -0.4 is 20.1 Å². The highest BCUT2D eigenvalue weighted by Crippen LogP contribution is 2.35. The number of guanidine groups is 1. The fourth-order valence-electron chi connectivity index (χ4n) is 2.62. The molecule has 0 spiro atoms. The molecule has 1 aromatic carbocycles. The van der Waals surface area contributed by atoms with Crippen LogP contribution in [-0.4, -0.2) is 31.3 Å². The van der Waals surface area contributed by atoms with E-state index in [4.69, 9.17) is 9.47 Å². The van der Waals surface area contributed by atoms with E-state index in [1.165, 1.54) is 5.56 Å². The standard InChI is InChI=1S/C18H29N3O2/c1-7-19-17(21-18(3,4)5)20-11-14-10-16-13(8-12(2)23-16)9-15(14)22-6/h9-10,12H,7-8,11H2,1-6H3,(H2,19,20,21). The highest BCUT2D eigenvalue weighted by atomic mass is 16.5. The van der Waals surface area contributed by atoms with Crippen LogP contribution in [0.2, 0.25) is 0 Å². The molecule has 0 fully saturated rings. The Morgan fingerprint density at radius 2 is 2.13 bits per heavy atom. The molecule has 5 heteroatoms. The molecule has 5 nitrogen and oxygen atoms in total. The van der Waals surface area contributed by atoms with E-state index < -0.39 is 0 Å². The highest BCUT2D eigenvalue weighted by molar-refractivity contribution is 5.80. The molecule has 1 atom stereocenters. The first-order chi connectivity index (χ1) is 10.8. The van der Waals surface area contributed by atoms with Crippen molar-refractivity contribution in [2.45, 2.75) is 59.2 Å². The molecule has 128 valence electrons. The van der Waals surface area contributed by atoms with Gasteiger partial charge in [0.05, 0.1) is 13.7 Å². The molecule has 2 rings (SSSR count). The Hall–Kier alpha value is -1.91. The van der Waals surface area contributed by atoms with Gasteiger partial charge in [-0.1, -0.05) is 0 Å². The van der Waals surface area contributed by atoms with Gasteiger partial charge in [-0.05, 0) is 46.8 Å². The lowest BCUT2D eigenvalue weighted by molar-refractivity contribution is 0.254. The maximum Gasteiger partial charge on any atom is 0.191 e. The molecule has 2 N–H and O–H groups in total. The van der Waals surface area contributed by atoms with Crippen molar-refractivity contribution in [2.24, 2.45) is 4.99 Å². The Balaban J connectivity index is 2.21. The second-order valence-electron chi connectivity index (χ2n) is 6.97. The minimum absolute atomic E-state index is 0.0401. The summed E-state index contributed by atoms with van der Waals surface area (Å²) in [5.41, 5.74) is 2.20. The first kappa shape index (κ1) is 17.4. The van der Waals surface area contributed by atoms with Crippen molar-refractivity contribution in [3.63, 3.8) is 0 Å². The second kappa shape index (κ2) is 7.11. The molecule has 0 aliphatic carbocycles. The van der Waals surface area contributed by atoms with Gasteiger partial charge in [-0.3, -0.25) is 0 Å². The molecule has 0 amide bonds. The normalized spacial score (nSPS) is 17.5. The van der Waals surface area contributed by atoms with Crippen LogP contribution in [-0.2, 0) is 13.0 Å².